The molecular formula is C18H25NO4S. The SMILES string of the molecule is CC1(C)[C@H]2CC[C@@]1(CS(=O)(=O)NC[C@@H](O)c1ccccc1)C(=O)C2. The Hall–Kier alpha value is -1.24. The minimum Gasteiger partial charge on any atom is -0.387 e. The maximum absolute atomic E-state index is 12.6. The van der Waals surface area contributed by atoms with Gasteiger partial charge in [0.05, 0.1) is 11.9 Å². The van der Waals surface area contributed by atoms with E-state index in [0.29, 0.717) is 18.4 Å². The summed E-state index contributed by atoms with van der Waals surface area (Å²) in [4.78, 5) is 12.5. The molecule has 5 nitrogen and oxygen atoms in total. The summed E-state index contributed by atoms with van der Waals surface area (Å²) in [6.07, 6.45) is 1.16. The quantitative estimate of drug-likeness (QED) is 0.821. The Kier molecular flexibility index (Phi) is 4.35. The summed E-state index contributed by atoms with van der Waals surface area (Å²) in [7, 11) is -3.65. The van der Waals surface area contributed by atoms with Crippen LogP contribution in [0, 0.1) is 16.7 Å². The zero-order chi connectivity index (χ0) is 17.6. The van der Waals surface area contributed by atoms with Crippen molar-refractivity contribution in [2.45, 2.75) is 39.2 Å². The number of benzene rings is 1. The molecule has 3 atom stereocenters. The first-order chi connectivity index (χ1) is 11.2. The van der Waals surface area contributed by atoms with Gasteiger partial charge in [0.25, 0.3) is 0 Å². The summed E-state index contributed by atoms with van der Waals surface area (Å²) in [5, 5.41) is 10.1. The highest BCUT2D eigenvalue weighted by molar-refractivity contribution is 7.89. The van der Waals surface area contributed by atoms with E-state index in [1.165, 1.54) is 0 Å². The second-order valence-electron chi connectivity index (χ2n) is 7.70. The monoisotopic (exact) mass is 351 g/mol. The molecule has 2 bridgehead atoms. The third-order valence-electron chi connectivity index (χ3n) is 6.26. The van der Waals surface area contributed by atoms with Gasteiger partial charge in [-0.05, 0) is 29.7 Å². The number of fused-ring (bicyclic) bond motifs is 2. The van der Waals surface area contributed by atoms with Crippen molar-refractivity contribution in [2.75, 3.05) is 12.3 Å². The highest BCUT2D eigenvalue weighted by atomic mass is 32.2. The number of ketones is 1. The van der Waals surface area contributed by atoms with Crippen LogP contribution in [0.4, 0.5) is 0 Å². The van der Waals surface area contributed by atoms with Crippen LogP contribution in [-0.2, 0) is 14.8 Å². The largest absolute Gasteiger partial charge is 0.387 e. The Bertz CT molecular complexity index is 729. The summed E-state index contributed by atoms with van der Waals surface area (Å²) in [6.45, 7) is 3.95. The van der Waals surface area contributed by atoms with Crippen LogP contribution in [0.25, 0.3) is 0 Å². The lowest BCUT2D eigenvalue weighted by Gasteiger charge is -2.36. The van der Waals surface area contributed by atoms with Crippen LogP contribution in [0.15, 0.2) is 30.3 Å². The predicted molar refractivity (Wildman–Crippen MR) is 91.8 cm³/mol. The Labute approximate surface area is 143 Å². The van der Waals surface area contributed by atoms with E-state index in [-0.39, 0.29) is 29.4 Å². The van der Waals surface area contributed by atoms with Crippen LogP contribution in [0.5, 0.6) is 0 Å². The summed E-state index contributed by atoms with van der Waals surface area (Å²) in [5.74, 6) is 0.192. The first-order valence-electron chi connectivity index (χ1n) is 8.42. The molecule has 0 unspecified atom stereocenters. The van der Waals surface area contributed by atoms with Gasteiger partial charge in [-0.2, -0.15) is 0 Å². The minimum absolute atomic E-state index is 0.0812. The predicted octanol–water partition coefficient (Wildman–Crippen LogP) is 2.03. The fourth-order valence-corrected chi connectivity index (χ4v) is 6.32. The molecule has 0 radical (unpaired) electrons. The molecule has 1 aromatic carbocycles. The van der Waals surface area contributed by atoms with Crippen molar-refractivity contribution >= 4 is 15.8 Å². The summed E-state index contributed by atoms with van der Waals surface area (Å²) in [6, 6.07) is 8.93. The van der Waals surface area contributed by atoms with Gasteiger partial charge in [0.2, 0.25) is 10.0 Å². The van der Waals surface area contributed by atoms with Crippen molar-refractivity contribution in [3.05, 3.63) is 35.9 Å². The van der Waals surface area contributed by atoms with Crippen LogP contribution in [0.3, 0.4) is 0 Å². The number of carbonyl (C=O) groups is 1. The number of Topliss-reactive ketones (excluding diaryl/α,β-unsaturated/α-hetero) is 1. The molecule has 2 saturated carbocycles. The van der Waals surface area contributed by atoms with Crippen molar-refractivity contribution in [2.24, 2.45) is 16.7 Å². The van der Waals surface area contributed by atoms with Crippen LogP contribution in [-0.4, -0.2) is 31.6 Å². The van der Waals surface area contributed by atoms with Crippen molar-refractivity contribution < 1.29 is 18.3 Å². The van der Waals surface area contributed by atoms with E-state index < -0.39 is 21.5 Å². The lowest BCUT2D eigenvalue weighted by atomic mass is 9.70. The van der Waals surface area contributed by atoms with E-state index >= 15 is 0 Å². The van der Waals surface area contributed by atoms with Crippen molar-refractivity contribution in [1.29, 1.82) is 0 Å². The smallest absolute Gasteiger partial charge is 0.212 e. The van der Waals surface area contributed by atoms with Crippen LogP contribution >= 0.6 is 0 Å². The average molecular weight is 351 g/mol. The number of hydrogen-bond acceptors (Lipinski definition) is 4. The van der Waals surface area contributed by atoms with Gasteiger partial charge in [-0.1, -0.05) is 44.2 Å². The molecule has 24 heavy (non-hydrogen) atoms. The lowest BCUT2D eigenvalue weighted by molar-refractivity contribution is -0.128. The van der Waals surface area contributed by atoms with Gasteiger partial charge >= 0.3 is 0 Å². The van der Waals surface area contributed by atoms with Crippen LogP contribution in [0.1, 0.15) is 44.8 Å². The molecule has 0 aromatic heterocycles. The molecule has 6 heteroatoms. The third-order valence-corrected chi connectivity index (χ3v) is 7.74. The topological polar surface area (TPSA) is 83.5 Å². The van der Waals surface area contributed by atoms with Gasteiger partial charge in [-0.3, -0.25) is 4.79 Å². The maximum atomic E-state index is 12.6. The normalized spacial score (nSPS) is 29.8. The highest BCUT2D eigenvalue weighted by Gasteiger charge is 2.65. The first-order valence-corrected chi connectivity index (χ1v) is 10.1. The van der Waals surface area contributed by atoms with E-state index in [9.17, 15) is 18.3 Å². The zero-order valence-corrected chi connectivity index (χ0v) is 15.0. The van der Waals surface area contributed by atoms with E-state index in [1.54, 1.807) is 24.3 Å². The summed E-state index contributed by atoms with van der Waals surface area (Å²) in [5.41, 5.74) is -0.394. The van der Waals surface area contributed by atoms with Crippen LogP contribution in [0.2, 0.25) is 0 Å². The van der Waals surface area contributed by atoms with E-state index in [1.807, 2.05) is 19.9 Å². The number of nitrogens with one attached hydrogen (secondary N) is 1. The highest BCUT2D eigenvalue weighted by Crippen LogP contribution is 2.64. The zero-order valence-electron chi connectivity index (χ0n) is 14.2. The maximum Gasteiger partial charge on any atom is 0.212 e. The number of sulfonamides is 1. The average Bonchev–Trinajstić information content (AvgIpc) is 2.87. The Morgan fingerprint density at radius 3 is 2.50 bits per heavy atom. The molecule has 2 aliphatic carbocycles. The van der Waals surface area contributed by atoms with Gasteiger partial charge in [0, 0.05) is 18.4 Å². The van der Waals surface area contributed by atoms with Crippen molar-refractivity contribution in [3.8, 4) is 0 Å². The van der Waals surface area contributed by atoms with Gasteiger partial charge in [-0.15, -0.1) is 0 Å². The summed E-state index contributed by atoms with van der Waals surface area (Å²) < 4.78 is 27.6. The molecule has 132 valence electrons. The van der Waals surface area contributed by atoms with Crippen molar-refractivity contribution in [1.82, 2.24) is 4.72 Å². The molecule has 2 aliphatic rings. The minimum atomic E-state index is -3.65. The van der Waals surface area contributed by atoms with E-state index in [0.717, 1.165) is 6.42 Å². The third kappa shape index (κ3) is 2.80. The van der Waals surface area contributed by atoms with Gasteiger partial charge in [0.15, 0.2) is 0 Å². The fourth-order valence-electron chi connectivity index (χ4n) is 4.48. The molecule has 1 aromatic rings. The number of aliphatic hydroxyl groups is 1. The molecule has 3 rings (SSSR count). The van der Waals surface area contributed by atoms with Crippen LogP contribution < -0.4 is 4.72 Å². The van der Waals surface area contributed by atoms with E-state index in [4.69, 9.17) is 0 Å². The Balaban J connectivity index is 1.70. The van der Waals surface area contributed by atoms with Gasteiger partial charge < -0.3 is 5.11 Å². The number of carbonyl (C=O) groups excluding carboxylic acids is 1. The molecular weight excluding hydrogens is 326 g/mol. The Morgan fingerprint density at radius 2 is 1.96 bits per heavy atom. The summed E-state index contributed by atoms with van der Waals surface area (Å²) >= 11 is 0. The lowest BCUT2D eigenvalue weighted by Crippen LogP contribution is -2.45. The molecule has 0 saturated heterocycles. The second-order valence-corrected chi connectivity index (χ2v) is 9.51. The second kappa shape index (κ2) is 5.93. The van der Waals surface area contributed by atoms with Gasteiger partial charge in [0.1, 0.15) is 5.78 Å². The standard InChI is InChI=1S/C18H25NO4S/c1-17(2)14-8-9-18(17,16(21)10-14)12-24(22,23)19-11-15(20)13-6-4-3-5-7-13/h3-7,14-15,19-20H,8-12H2,1-2H3/t14-,15+,18+/m0/s1. The fraction of sp³-hybridized carbons (Fsp3) is 0.611. The first kappa shape index (κ1) is 17.6. The molecule has 0 aliphatic heterocycles. The van der Waals surface area contributed by atoms with Gasteiger partial charge in [-0.25, -0.2) is 13.1 Å². The number of hydrogen-bond donors (Lipinski definition) is 2. The number of aliphatic hydroxyl groups excluding tert-OH is 1. The Morgan fingerprint density at radius 1 is 1.29 bits per heavy atom. The molecule has 2 fully saturated rings. The van der Waals surface area contributed by atoms with Crippen molar-refractivity contribution in [3.63, 3.8) is 0 Å². The van der Waals surface area contributed by atoms with E-state index in [2.05, 4.69) is 4.72 Å². The number of rotatable bonds is 6. The molecule has 0 amide bonds. The molecule has 2 N–H and O–H groups in total. The molecule has 0 spiro atoms. The molecule has 0 heterocycles.